The van der Waals surface area contributed by atoms with Crippen LogP contribution in [0, 0.1) is 10.1 Å². The van der Waals surface area contributed by atoms with Crippen LogP contribution in [-0.4, -0.2) is 54.1 Å². The second-order valence-corrected chi connectivity index (χ2v) is 9.49. The van der Waals surface area contributed by atoms with Gasteiger partial charge >= 0.3 is 12.1 Å². The molecule has 0 radical (unpaired) electrons. The van der Waals surface area contributed by atoms with Crippen molar-refractivity contribution in [3.63, 3.8) is 0 Å². The van der Waals surface area contributed by atoms with Crippen molar-refractivity contribution >= 4 is 27.8 Å². The average Bonchev–Trinajstić information content (AvgIpc) is 2.75. The molecular weight excluding hydrogens is 454 g/mol. The number of nitrogens with one attached hydrogen (secondary N) is 1. The van der Waals surface area contributed by atoms with Crippen molar-refractivity contribution in [1.82, 2.24) is 9.62 Å². The maximum Gasteiger partial charge on any atom is 0.410 e. The number of hydrogen-bond acceptors (Lipinski definition) is 7. The third kappa shape index (κ3) is 7.54. The Morgan fingerprint density at radius 2 is 1.85 bits per heavy atom. The van der Waals surface area contributed by atoms with Gasteiger partial charge in [-0.25, -0.2) is 22.7 Å². The summed E-state index contributed by atoms with van der Waals surface area (Å²) in [4.78, 5) is 34.1. The summed E-state index contributed by atoms with van der Waals surface area (Å²) in [6, 6.07) is 10.0. The first-order chi connectivity index (χ1) is 16.1. The van der Waals surface area contributed by atoms with Gasteiger partial charge in [-0.15, -0.1) is 0 Å². The first-order valence-electron chi connectivity index (χ1n) is 10.6. The molecule has 178 valence electrons. The number of nitrogens with zero attached hydrogens (tertiary/aromatic N) is 2. The summed E-state index contributed by atoms with van der Waals surface area (Å²) in [5, 5.41) is 20.4. The highest BCUT2D eigenvalue weighted by Crippen LogP contribution is 2.25. The quantitative estimate of drug-likeness (QED) is 0.409. The van der Waals surface area contributed by atoms with Gasteiger partial charge in [-0.2, -0.15) is 0 Å². The summed E-state index contributed by atoms with van der Waals surface area (Å²) < 4.78 is 49.8. The Morgan fingerprint density at radius 3 is 2.39 bits per heavy atom. The number of aromatic carboxylic acids is 1. The molecule has 0 spiro atoms. The first kappa shape index (κ1) is 22.7. The van der Waals surface area contributed by atoms with Gasteiger partial charge in [-0.1, -0.05) is 30.3 Å². The molecule has 0 bridgehead atoms. The van der Waals surface area contributed by atoms with Crippen molar-refractivity contribution in [3.05, 3.63) is 69.8 Å². The maximum atomic E-state index is 12.8. The fourth-order valence-electron chi connectivity index (χ4n) is 2.57. The number of carboxylic acids is 1. The van der Waals surface area contributed by atoms with E-state index in [4.69, 9.17) is 12.6 Å². The molecule has 0 heterocycles. The Hall–Kier alpha value is -3.51. The lowest BCUT2D eigenvalue weighted by molar-refractivity contribution is -0.387. The smallest absolute Gasteiger partial charge is 0.410 e. The summed E-state index contributed by atoms with van der Waals surface area (Å²) in [7, 11) is -4.53. The van der Waals surface area contributed by atoms with Crippen molar-refractivity contribution in [1.29, 1.82) is 0 Å². The molecule has 1 amide bonds. The number of carboxylic acid groups (broad SMARTS) is 1. The molecule has 2 aromatic rings. The number of carbonyl (C=O) groups is 2. The zero-order valence-electron chi connectivity index (χ0n) is 20.1. The monoisotopic (exact) mass is 481 g/mol. The molecule has 0 unspecified atom stereocenters. The molecule has 12 heteroatoms. The molecule has 0 aliphatic carbocycles. The minimum absolute atomic E-state index is 0.119. The second-order valence-electron chi connectivity index (χ2n) is 7.75. The van der Waals surface area contributed by atoms with E-state index in [1.165, 1.54) is 12.1 Å². The molecule has 2 N–H and O–H groups in total. The Morgan fingerprint density at radius 1 is 1.21 bits per heavy atom. The molecule has 11 nitrogen and oxygen atoms in total. The fraction of sp³-hybridized carbons (Fsp3) is 0.333. The lowest BCUT2D eigenvalue weighted by atomic mass is 10.2. The van der Waals surface area contributed by atoms with E-state index < -0.39 is 68.3 Å². The summed E-state index contributed by atoms with van der Waals surface area (Å²) in [5.74, 6) is -1.47. The van der Waals surface area contributed by atoms with E-state index in [2.05, 4.69) is 4.72 Å². The summed E-state index contributed by atoms with van der Waals surface area (Å²) in [6.07, 6.45) is -1.04. The zero-order chi connectivity index (χ0) is 26.6. The number of sulfonamides is 1. The highest BCUT2D eigenvalue weighted by molar-refractivity contribution is 7.89. The van der Waals surface area contributed by atoms with Gasteiger partial charge in [0.15, 0.2) is 4.90 Å². The Kier molecular flexibility index (Phi) is 7.15. The van der Waals surface area contributed by atoms with Crippen LogP contribution in [-0.2, 0) is 21.3 Å². The molecule has 0 saturated carbocycles. The van der Waals surface area contributed by atoms with Gasteiger partial charge in [0, 0.05) is 25.7 Å². The molecule has 0 aliphatic heterocycles. The molecule has 0 aromatic heterocycles. The van der Waals surface area contributed by atoms with Crippen LogP contribution in [0.3, 0.4) is 0 Å². The predicted molar refractivity (Wildman–Crippen MR) is 118 cm³/mol. The Bertz CT molecular complexity index is 1210. The van der Waals surface area contributed by atoms with Crippen LogP contribution in [0.2, 0.25) is 0 Å². The highest BCUT2D eigenvalue weighted by atomic mass is 32.2. The predicted octanol–water partition coefficient (Wildman–Crippen LogP) is 3.01. The lowest BCUT2D eigenvalue weighted by Crippen LogP contribution is -2.41. The van der Waals surface area contributed by atoms with E-state index >= 15 is 0 Å². The Labute approximate surface area is 194 Å². The van der Waals surface area contributed by atoms with Gasteiger partial charge in [-0.05, 0) is 38.5 Å². The van der Waals surface area contributed by atoms with Crippen molar-refractivity contribution in [2.75, 3.05) is 13.1 Å². The first-order valence-corrected chi connectivity index (χ1v) is 11.1. The third-order valence-corrected chi connectivity index (χ3v) is 5.48. The van der Waals surface area contributed by atoms with Crippen LogP contribution in [0.1, 0.15) is 39.4 Å². The standard InChI is InChI=1S/C21H25N3O8S/c1-21(2,3)32-20(27)23(14-15-7-5-4-6-8-15)12-11-22-33(30,31)18-10-9-16(19(25)26)13-17(18)24(28)29/h4-10,13,22H,11-12,14H2,1-3H3,(H,25,26)/i14D2. The molecule has 33 heavy (non-hydrogen) atoms. The van der Waals surface area contributed by atoms with E-state index in [-0.39, 0.29) is 5.56 Å². The van der Waals surface area contributed by atoms with Crippen LogP contribution in [0.4, 0.5) is 10.5 Å². The number of benzene rings is 2. The largest absolute Gasteiger partial charge is 0.478 e. The zero-order valence-corrected chi connectivity index (χ0v) is 19.0. The number of amides is 1. The second kappa shape index (κ2) is 10.4. The number of ether oxygens (including phenoxy) is 1. The maximum absolute atomic E-state index is 12.8. The molecule has 0 atom stereocenters. The third-order valence-electron chi connectivity index (χ3n) is 3.97. The van der Waals surface area contributed by atoms with Crippen molar-refractivity contribution in [3.8, 4) is 0 Å². The van der Waals surface area contributed by atoms with Crippen LogP contribution in [0.25, 0.3) is 0 Å². The van der Waals surface area contributed by atoms with Gasteiger partial charge in [-0.3, -0.25) is 10.1 Å². The van der Waals surface area contributed by atoms with E-state index in [1.54, 1.807) is 39.0 Å². The number of nitro groups is 1. The van der Waals surface area contributed by atoms with Crippen molar-refractivity contribution in [2.24, 2.45) is 0 Å². The molecule has 0 fully saturated rings. The van der Waals surface area contributed by atoms with Crippen LogP contribution in [0.15, 0.2) is 53.4 Å². The summed E-state index contributed by atoms with van der Waals surface area (Å²) in [5.41, 5.74) is -2.26. The summed E-state index contributed by atoms with van der Waals surface area (Å²) >= 11 is 0. The molecule has 2 rings (SSSR count). The number of carbonyl (C=O) groups excluding carboxylic acids is 1. The van der Waals surface area contributed by atoms with E-state index in [1.807, 2.05) is 0 Å². The van der Waals surface area contributed by atoms with Crippen molar-refractivity contribution in [2.45, 2.75) is 37.8 Å². The average molecular weight is 482 g/mol. The molecular formula is C21H25N3O8S. The number of hydrogen-bond donors (Lipinski definition) is 2. The summed E-state index contributed by atoms with van der Waals surface area (Å²) in [6.45, 7) is 1.37. The Balaban J connectivity index is 2.32. The molecule has 0 saturated heterocycles. The minimum Gasteiger partial charge on any atom is -0.478 e. The fourth-order valence-corrected chi connectivity index (χ4v) is 3.74. The van der Waals surface area contributed by atoms with Crippen LogP contribution >= 0.6 is 0 Å². The van der Waals surface area contributed by atoms with Gasteiger partial charge in [0.2, 0.25) is 10.0 Å². The van der Waals surface area contributed by atoms with Gasteiger partial charge in [0.25, 0.3) is 5.69 Å². The van der Waals surface area contributed by atoms with Gasteiger partial charge in [0.1, 0.15) is 5.60 Å². The highest BCUT2D eigenvalue weighted by Gasteiger charge is 2.28. The van der Waals surface area contributed by atoms with E-state index in [0.29, 0.717) is 11.0 Å². The number of rotatable bonds is 9. The minimum atomic E-state index is -4.53. The van der Waals surface area contributed by atoms with Gasteiger partial charge < -0.3 is 14.7 Å². The van der Waals surface area contributed by atoms with E-state index in [0.717, 1.165) is 12.1 Å². The van der Waals surface area contributed by atoms with Crippen LogP contribution < -0.4 is 4.72 Å². The number of nitro benzene ring substituents is 1. The molecule has 2 aromatic carbocycles. The SMILES string of the molecule is [2H]C([2H])(c1ccccc1)N(CCNS(=O)(=O)c1ccc(C(=O)O)cc1[N+](=O)[O-])C(=O)OC(C)(C)C. The normalized spacial score (nSPS) is 12.9. The van der Waals surface area contributed by atoms with Crippen molar-refractivity contribution < 1.29 is 35.5 Å². The van der Waals surface area contributed by atoms with Gasteiger partial charge in [0.05, 0.1) is 13.2 Å². The van der Waals surface area contributed by atoms with E-state index in [9.17, 15) is 28.1 Å². The lowest BCUT2D eigenvalue weighted by Gasteiger charge is -2.27. The van der Waals surface area contributed by atoms with Crippen LogP contribution in [0.5, 0.6) is 0 Å². The topological polar surface area (TPSA) is 156 Å². The molecule has 0 aliphatic rings.